The number of nitrogens with one attached hydrogen (secondary N) is 1. The Balaban J connectivity index is 1.80. The smallest absolute Gasteiger partial charge is 0.0531 e. The Labute approximate surface area is 204 Å². The highest BCUT2D eigenvalue weighted by molar-refractivity contribution is 9.10. The van der Waals surface area contributed by atoms with Crippen molar-refractivity contribution in [3.63, 3.8) is 0 Å². The molecular formula is C30H42BrN. The van der Waals surface area contributed by atoms with Crippen molar-refractivity contribution in [2.24, 2.45) is 10.8 Å². The number of anilines is 2. The minimum Gasteiger partial charge on any atom is -0.355 e. The van der Waals surface area contributed by atoms with Crippen LogP contribution in [0.2, 0.25) is 0 Å². The first kappa shape index (κ1) is 23.9. The second-order valence-electron chi connectivity index (χ2n) is 13.5. The molecule has 0 bridgehead atoms. The van der Waals surface area contributed by atoms with Crippen molar-refractivity contribution in [3.05, 3.63) is 57.1 Å². The fraction of sp³-hybridized carbons (Fsp3) is 0.600. The highest BCUT2D eigenvalue weighted by atomic mass is 79.9. The van der Waals surface area contributed by atoms with Gasteiger partial charge in [-0.2, -0.15) is 0 Å². The fourth-order valence-corrected chi connectivity index (χ4v) is 6.89. The number of fused-ring (bicyclic) bond motifs is 2. The van der Waals surface area contributed by atoms with E-state index in [1.54, 1.807) is 0 Å². The van der Waals surface area contributed by atoms with Crippen LogP contribution in [0.5, 0.6) is 0 Å². The molecule has 4 rings (SSSR count). The third kappa shape index (κ3) is 2.62. The lowest BCUT2D eigenvalue weighted by atomic mass is 9.59. The van der Waals surface area contributed by atoms with Crippen molar-refractivity contribution in [1.82, 2.24) is 0 Å². The maximum atomic E-state index is 3.89. The molecule has 2 aromatic rings. The number of rotatable bonds is 2. The second kappa shape index (κ2) is 6.44. The maximum absolute atomic E-state index is 3.89. The first-order valence-corrected chi connectivity index (χ1v) is 12.9. The lowest BCUT2D eigenvalue weighted by molar-refractivity contribution is 0.125. The molecule has 0 spiro atoms. The van der Waals surface area contributed by atoms with Gasteiger partial charge in [0.25, 0.3) is 0 Å². The van der Waals surface area contributed by atoms with Crippen LogP contribution in [0, 0.1) is 10.8 Å². The van der Waals surface area contributed by atoms with Crippen LogP contribution in [0.15, 0.2) is 34.8 Å². The molecule has 174 valence electrons. The zero-order valence-electron chi connectivity index (χ0n) is 22.3. The van der Waals surface area contributed by atoms with E-state index in [2.05, 4.69) is 135 Å². The molecule has 2 aliphatic carbocycles. The summed E-state index contributed by atoms with van der Waals surface area (Å²) in [5.74, 6) is 0. The van der Waals surface area contributed by atoms with Crippen molar-refractivity contribution in [2.75, 3.05) is 5.32 Å². The molecule has 0 saturated heterocycles. The van der Waals surface area contributed by atoms with E-state index in [-0.39, 0.29) is 32.5 Å². The van der Waals surface area contributed by atoms with E-state index in [1.807, 2.05) is 0 Å². The molecule has 1 N–H and O–H groups in total. The molecule has 2 aliphatic rings. The number of hydrogen-bond acceptors (Lipinski definition) is 1. The third-order valence-corrected chi connectivity index (χ3v) is 12.0. The number of hydrogen-bond donors (Lipinski definition) is 1. The highest BCUT2D eigenvalue weighted by Gasteiger charge is 2.58. The highest BCUT2D eigenvalue weighted by Crippen LogP contribution is 2.63. The molecule has 0 heterocycles. The van der Waals surface area contributed by atoms with E-state index in [0.29, 0.717) is 0 Å². The van der Waals surface area contributed by atoms with Crippen molar-refractivity contribution in [3.8, 4) is 0 Å². The first-order valence-electron chi connectivity index (χ1n) is 12.1. The van der Waals surface area contributed by atoms with E-state index in [1.165, 1.54) is 27.9 Å². The van der Waals surface area contributed by atoms with E-state index < -0.39 is 0 Å². The van der Waals surface area contributed by atoms with Crippen LogP contribution in [0.3, 0.4) is 0 Å². The number of halogens is 1. The normalized spacial score (nSPS) is 24.7. The van der Waals surface area contributed by atoms with Gasteiger partial charge in [-0.25, -0.2) is 0 Å². The molecule has 0 amide bonds. The van der Waals surface area contributed by atoms with Crippen molar-refractivity contribution >= 4 is 27.3 Å². The summed E-state index contributed by atoms with van der Waals surface area (Å²) >= 11 is 3.89. The zero-order chi connectivity index (χ0) is 24.3. The minimum absolute atomic E-state index is 0.0942. The average Bonchev–Trinajstić information content (AvgIpc) is 2.83. The molecule has 1 nitrogen and oxygen atoms in total. The van der Waals surface area contributed by atoms with Crippen LogP contribution in [0.25, 0.3) is 0 Å². The SMILES string of the molecule is CC1(C)c2ccc(Nc3cc4c(cc3Br)C(C)(C)C(C)(C)C4(C)C)cc2C(C)(C)C1(C)C. The minimum atomic E-state index is 0.0942. The Hall–Kier alpha value is -1.28. The van der Waals surface area contributed by atoms with E-state index in [4.69, 9.17) is 0 Å². The Kier molecular flexibility index (Phi) is 4.80. The van der Waals surface area contributed by atoms with Crippen molar-refractivity contribution in [2.45, 2.75) is 105 Å². The van der Waals surface area contributed by atoms with Gasteiger partial charge in [0, 0.05) is 10.2 Å². The van der Waals surface area contributed by atoms with Crippen LogP contribution in [-0.4, -0.2) is 0 Å². The topological polar surface area (TPSA) is 12.0 Å². The van der Waals surface area contributed by atoms with Gasteiger partial charge in [0.1, 0.15) is 0 Å². The van der Waals surface area contributed by atoms with Crippen LogP contribution >= 0.6 is 15.9 Å². The monoisotopic (exact) mass is 495 g/mol. The van der Waals surface area contributed by atoms with Gasteiger partial charge in [0.15, 0.2) is 0 Å². The quantitative estimate of drug-likeness (QED) is 0.437. The van der Waals surface area contributed by atoms with Gasteiger partial charge in [0.2, 0.25) is 0 Å². The van der Waals surface area contributed by atoms with E-state index in [9.17, 15) is 0 Å². The molecule has 0 aromatic heterocycles. The van der Waals surface area contributed by atoms with Gasteiger partial charge >= 0.3 is 0 Å². The molecule has 32 heavy (non-hydrogen) atoms. The summed E-state index contributed by atoms with van der Waals surface area (Å²) < 4.78 is 1.14. The molecule has 0 atom stereocenters. The predicted octanol–water partition coefficient (Wildman–Crippen LogP) is 9.38. The molecule has 0 unspecified atom stereocenters. The Morgan fingerprint density at radius 3 is 1.44 bits per heavy atom. The zero-order valence-corrected chi connectivity index (χ0v) is 23.9. The Bertz CT molecular complexity index is 1110. The second-order valence-corrected chi connectivity index (χ2v) is 14.4. The van der Waals surface area contributed by atoms with Crippen molar-refractivity contribution < 1.29 is 0 Å². The Morgan fingerprint density at radius 2 is 0.938 bits per heavy atom. The van der Waals surface area contributed by atoms with Gasteiger partial charge in [-0.05, 0) is 94.9 Å². The van der Waals surface area contributed by atoms with E-state index >= 15 is 0 Å². The van der Waals surface area contributed by atoms with Crippen LogP contribution in [0.4, 0.5) is 11.4 Å². The summed E-state index contributed by atoms with van der Waals surface area (Å²) in [5, 5.41) is 3.77. The Morgan fingerprint density at radius 1 is 0.531 bits per heavy atom. The number of benzene rings is 2. The first-order chi connectivity index (χ1) is 14.3. The van der Waals surface area contributed by atoms with E-state index in [0.717, 1.165) is 10.2 Å². The summed E-state index contributed by atoms with van der Waals surface area (Å²) in [7, 11) is 0. The summed E-state index contributed by atoms with van der Waals surface area (Å²) in [4.78, 5) is 0. The molecule has 2 aromatic carbocycles. The standard InChI is InChI=1S/C30H42BrN/c1-25(2)19-14-13-18(15-20(19)26(3,4)29(25,9)10)32-24-17-22-21(16-23(24)31)27(5,6)30(11,12)28(22,7)8/h13-17,32H,1-12H3. The lowest BCUT2D eigenvalue weighted by Gasteiger charge is -2.44. The van der Waals surface area contributed by atoms with Gasteiger partial charge in [-0.3, -0.25) is 0 Å². The average molecular weight is 497 g/mol. The van der Waals surface area contributed by atoms with Crippen LogP contribution in [0.1, 0.15) is 105 Å². The fourth-order valence-electron chi connectivity index (χ4n) is 6.45. The summed E-state index contributed by atoms with van der Waals surface area (Å²) in [6, 6.07) is 11.8. The molecule has 0 saturated carbocycles. The molecule has 2 heteroatoms. The molecule has 0 aliphatic heterocycles. The molecule has 0 radical (unpaired) electrons. The summed E-state index contributed by atoms with van der Waals surface area (Å²) in [6.45, 7) is 28.9. The summed E-state index contributed by atoms with van der Waals surface area (Å²) in [5.41, 5.74) is 8.98. The predicted molar refractivity (Wildman–Crippen MR) is 144 cm³/mol. The van der Waals surface area contributed by atoms with Gasteiger partial charge in [0.05, 0.1) is 5.69 Å². The van der Waals surface area contributed by atoms with Gasteiger partial charge in [-0.1, -0.05) is 89.2 Å². The van der Waals surface area contributed by atoms with Crippen molar-refractivity contribution in [1.29, 1.82) is 0 Å². The van der Waals surface area contributed by atoms with Crippen LogP contribution in [-0.2, 0) is 21.7 Å². The third-order valence-electron chi connectivity index (χ3n) is 11.3. The largest absolute Gasteiger partial charge is 0.355 e. The van der Waals surface area contributed by atoms with Gasteiger partial charge < -0.3 is 5.32 Å². The molecular weight excluding hydrogens is 454 g/mol. The lowest BCUT2D eigenvalue weighted by Crippen LogP contribution is -2.42. The molecule has 0 fully saturated rings. The summed E-state index contributed by atoms with van der Waals surface area (Å²) in [6.07, 6.45) is 0. The van der Waals surface area contributed by atoms with Crippen LogP contribution < -0.4 is 5.32 Å². The van der Waals surface area contributed by atoms with Gasteiger partial charge in [-0.15, -0.1) is 0 Å². The maximum Gasteiger partial charge on any atom is 0.0531 e.